The molecule has 0 radical (unpaired) electrons. The number of rotatable bonds is 5. The van der Waals surface area contributed by atoms with Crippen molar-refractivity contribution in [2.24, 2.45) is 0 Å². The van der Waals surface area contributed by atoms with Gasteiger partial charge in [-0.25, -0.2) is 0 Å². The SMILES string of the molecule is CCOc1ccc(C=CC(=O)Nc2ccc(I)cc2)cc1. The summed E-state index contributed by atoms with van der Waals surface area (Å²) in [6, 6.07) is 15.3. The molecule has 0 fully saturated rings. The minimum Gasteiger partial charge on any atom is -0.494 e. The Labute approximate surface area is 138 Å². The van der Waals surface area contributed by atoms with E-state index < -0.39 is 0 Å². The van der Waals surface area contributed by atoms with Gasteiger partial charge in [0.2, 0.25) is 5.91 Å². The maximum absolute atomic E-state index is 11.8. The zero-order chi connectivity index (χ0) is 15.1. The van der Waals surface area contributed by atoms with Gasteiger partial charge in [-0.2, -0.15) is 0 Å². The van der Waals surface area contributed by atoms with Gasteiger partial charge in [-0.3, -0.25) is 4.79 Å². The second-order valence-electron chi connectivity index (χ2n) is 4.33. The summed E-state index contributed by atoms with van der Waals surface area (Å²) in [4.78, 5) is 11.8. The maximum Gasteiger partial charge on any atom is 0.248 e. The maximum atomic E-state index is 11.8. The van der Waals surface area contributed by atoms with Crippen LogP contribution in [0.15, 0.2) is 54.6 Å². The van der Waals surface area contributed by atoms with Crippen LogP contribution in [0.3, 0.4) is 0 Å². The van der Waals surface area contributed by atoms with Crippen LogP contribution in [0.5, 0.6) is 5.75 Å². The molecule has 3 nitrogen and oxygen atoms in total. The summed E-state index contributed by atoms with van der Waals surface area (Å²) in [5.41, 5.74) is 1.74. The predicted octanol–water partition coefficient (Wildman–Crippen LogP) is 4.34. The molecule has 0 aromatic heterocycles. The van der Waals surface area contributed by atoms with Crippen molar-refractivity contribution in [1.82, 2.24) is 0 Å². The first-order chi connectivity index (χ1) is 10.2. The van der Waals surface area contributed by atoms with Gasteiger partial charge >= 0.3 is 0 Å². The average molecular weight is 393 g/mol. The molecule has 0 saturated carbocycles. The van der Waals surface area contributed by atoms with E-state index in [0.717, 1.165) is 20.6 Å². The van der Waals surface area contributed by atoms with Crippen LogP contribution in [-0.2, 0) is 4.79 Å². The molecule has 108 valence electrons. The second kappa shape index (κ2) is 7.83. The first kappa shape index (κ1) is 15.6. The topological polar surface area (TPSA) is 38.3 Å². The standard InChI is InChI=1S/C17H16INO2/c1-2-21-16-10-3-13(4-11-16)5-12-17(20)19-15-8-6-14(18)7-9-15/h3-12H,2H2,1H3,(H,19,20). The molecule has 1 amide bonds. The van der Waals surface area contributed by atoms with Crippen molar-refractivity contribution in [3.05, 3.63) is 63.7 Å². The van der Waals surface area contributed by atoms with Gasteiger partial charge in [-0.05, 0) is 77.6 Å². The van der Waals surface area contributed by atoms with Crippen LogP contribution in [0.1, 0.15) is 12.5 Å². The number of nitrogens with one attached hydrogen (secondary N) is 1. The number of carbonyl (C=O) groups excluding carboxylic acids is 1. The smallest absolute Gasteiger partial charge is 0.248 e. The molecule has 0 aliphatic heterocycles. The van der Waals surface area contributed by atoms with Gasteiger partial charge in [-0.15, -0.1) is 0 Å². The van der Waals surface area contributed by atoms with Gasteiger partial charge in [0, 0.05) is 15.3 Å². The summed E-state index contributed by atoms with van der Waals surface area (Å²) < 4.78 is 6.51. The van der Waals surface area contributed by atoms with E-state index in [1.165, 1.54) is 6.08 Å². The zero-order valence-electron chi connectivity index (χ0n) is 11.7. The quantitative estimate of drug-likeness (QED) is 0.606. The van der Waals surface area contributed by atoms with Gasteiger partial charge in [0.25, 0.3) is 0 Å². The Hall–Kier alpha value is -1.82. The molecule has 0 saturated heterocycles. The molecule has 0 heterocycles. The van der Waals surface area contributed by atoms with Crippen LogP contribution < -0.4 is 10.1 Å². The summed E-state index contributed by atoms with van der Waals surface area (Å²) in [5, 5.41) is 2.82. The van der Waals surface area contributed by atoms with Gasteiger partial charge in [0.05, 0.1) is 6.61 Å². The van der Waals surface area contributed by atoms with Gasteiger partial charge in [-0.1, -0.05) is 12.1 Å². The Balaban J connectivity index is 1.93. The molecule has 0 aliphatic carbocycles. The Bertz CT molecular complexity index is 618. The second-order valence-corrected chi connectivity index (χ2v) is 5.58. The molecule has 2 aromatic carbocycles. The third kappa shape index (κ3) is 5.23. The normalized spacial score (nSPS) is 10.6. The highest BCUT2D eigenvalue weighted by Crippen LogP contribution is 2.14. The molecule has 0 atom stereocenters. The molecule has 0 spiro atoms. The fourth-order valence-corrected chi connectivity index (χ4v) is 2.09. The average Bonchev–Trinajstić information content (AvgIpc) is 2.49. The summed E-state index contributed by atoms with van der Waals surface area (Å²) in [6.07, 6.45) is 3.30. The number of anilines is 1. The lowest BCUT2D eigenvalue weighted by Gasteiger charge is -2.03. The van der Waals surface area contributed by atoms with Crippen LogP contribution in [0.2, 0.25) is 0 Å². The largest absolute Gasteiger partial charge is 0.494 e. The van der Waals surface area contributed by atoms with E-state index in [0.29, 0.717) is 6.61 Å². The summed E-state index contributed by atoms with van der Waals surface area (Å²) in [7, 11) is 0. The molecular weight excluding hydrogens is 377 g/mol. The lowest BCUT2D eigenvalue weighted by Crippen LogP contribution is -2.07. The van der Waals surface area contributed by atoms with Crippen molar-refractivity contribution in [2.45, 2.75) is 6.92 Å². The summed E-state index contributed by atoms with van der Waals surface area (Å²) >= 11 is 2.23. The van der Waals surface area contributed by atoms with Crippen LogP contribution in [0.25, 0.3) is 6.08 Å². The number of benzene rings is 2. The first-order valence-corrected chi connectivity index (χ1v) is 7.73. The van der Waals surface area contributed by atoms with Crippen LogP contribution in [0, 0.1) is 3.57 Å². The molecule has 1 N–H and O–H groups in total. The van der Waals surface area contributed by atoms with Gasteiger partial charge in [0.15, 0.2) is 0 Å². The third-order valence-corrected chi connectivity index (χ3v) is 3.45. The third-order valence-electron chi connectivity index (χ3n) is 2.73. The van der Waals surface area contributed by atoms with Gasteiger partial charge < -0.3 is 10.1 Å². The number of hydrogen-bond acceptors (Lipinski definition) is 2. The molecule has 0 aliphatic rings. The van der Waals surface area contributed by atoms with Crippen molar-refractivity contribution in [1.29, 1.82) is 0 Å². The monoisotopic (exact) mass is 393 g/mol. The van der Waals surface area contributed by atoms with E-state index in [1.54, 1.807) is 6.08 Å². The van der Waals surface area contributed by atoms with E-state index in [9.17, 15) is 4.79 Å². The molecule has 4 heteroatoms. The number of ether oxygens (including phenoxy) is 1. The van der Waals surface area contributed by atoms with Crippen molar-refractivity contribution >= 4 is 40.3 Å². The van der Waals surface area contributed by atoms with Crippen LogP contribution in [-0.4, -0.2) is 12.5 Å². The number of hydrogen-bond donors (Lipinski definition) is 1. The molecular formula is C17H16INO2. The number of carbonyl (C=O) groups is 1. The minimum atomic E-state index is -0.148. The van der Waals surface area contributed by atoms with Crippen molar-refractivity contribution < 1.29 is 9.53 Å². The lowest BCUT2D eigenvalue weighted by atomic mass is 10.2. The summed E-state index contributed by atoms with van der Waals surface area (Å²) in [6.45, 7) is 2.59. The fourth-order valence-electron chi connectivity index (χ4n) is 1.73. The number of halogens is 1. The lowest BCUT2D eigenvalue weighted by molar-refractivity contribution is -0.111. The molecule has 2 rings (SSSR count). The highest BCUT2D eigenvalue weighted by Gasteiger charge is 1.98. The Morgan fingerprint density at radius 2 is 1.81 bits per heavy atom. The number of amides is 1. The van der Waals surface area contributed by atoms with Crippen LogP contribution in [0.4, 0.5) is 5.69 Å². The highest BCUT2D eigenvalue weighted by atomic mass is 127. The van der Waals surface area contributed by atoms with E-state index >= 15 is 0 Å². The Kier molecular flexibility index (Phi) is 5.80. The Morgan fingerprint density at radius 3 is 2.43 bits per heavy atom. The van der Waals surface area contributed by atoms with Crippen molar-refractivity contribution in [2.75, 3.05) is 11.9 Å². The van der Waals surface area contributed by atoms with Crippen molar-refractivity contribution in [3.8, 4) is 5.75 Å². The molecule has 21 heavy (non-hydrogen) atoms. The highest BCUT2D eigenvalue weighted by molar-refractivity contribution is 14.1. The Morgan fingerprint density at radius 1 is 1.14 bits per heavy atom. The fraction of sp³-hybridized carbons (Fsp3) is 0.118. The molecule has 2 aromatic rings. The first-order valence-electron chi connectivity index (χ1n) is 6.65. The van der Waals surface area contributed by atoms with E-state index in [2.05, 4.69) is 27.9 Å². The molecule has 0 bridgehead atoms. The molecule has 0 unspecified atom stereocenters. The van der Waals surface area contributed by atoms with E-state index in [-0.39, 0.29) is 5.91 Å². The van der Waals surface area contributed by atoms with E-state index in [4.69, 9.17) is 4.74 Å². The summed E-state index contributed by atoms with van der Waals surface area (Å²) in [5.74, 6) is 0.683. The minimum absolute atomic E-state index is 0.148. The van der Waals surface area contributed by atoms with E-state index in [1.807, 2.05) is 55.5 Å². The zero-order valence-corrected chi connectivity index (χ0v) is 13.8. The van der Waals surface area contributed by atoms with Crippen molar-refractivity contribution in [3.63, 3.8) is 0 Å². The van der Waals surface area contributed by atoms with Gasteiger partial charge in [0.1, 0.15) is 5.75 Å². The predicted molar refractivity (Wildman–Crippen MR) is 94.4 cm³/mol. The van der Waals surface area contributed by atoms with Crippen LogP contribution >= 0.6 is 22.6 Å².